The molecule has 3 rings (SSSR count). The van der Waals surface area contributed by atoms with E-state index < -0.39 is 33.2 Å². The second-order valence-electron chi connectivity index (χ2n) is 7.68. The summed E-state index contributed by atoms with van der Waals surface area (Å²) < 4.78 is 44.4. The van der Waals surface area contributed by atoms with Crippen LogP contribution >= 0.6 is 0 Å². The number of methoxy groups -OCH3 is 1. The number of nitrogens with zero attached hydrogens (tertiary/aromatic N) is 2. The Morgan fingerprint density at radius 3 is 2.34 bits per heavy atom. The summed E-state index contributed by atoms with van der Waals surface area (Å²) in [4.78, 5) is 27.8. The number of carbonyl (C=O) groups excluding carboxylic acids is 2. The van der Waals surface area contributed by atoms with Crippen LogP contribution in [-0.4, -0.2) is 56.0 Å². The van der Waals surface area contributed by atoms with Crippen molar-refractivity contribution in [2.75, 3.05) is 30.9 Å². The minimum atomic E-state index is -3.70. The summed E-state index contributed by atoms with van der Waals surface area (Å²) >= 11 is 0. The van der Waals surface area contributed by atoms with Crippen molar-refractivity contribution in [1.82, 2.24) is 9.62 Å². The minimum absolute atomic E-state index is 0.0971. The maximum absolute atomic E-state index is 13.3. The van der Waals surface area contributed by atoms with Gasteiger partial charge in [-0.1, -0.05) is 12.1 Å². The van der Waals surface area contributed by atoms with Crippen LogP contribution in [0.1, 0.15) is 19.4 Å². The molecule has 0 bridgehead atoms. The molecule has 2 aromatic carbocycles. The van der Waals surface area contributed by atoms with Crippen LogP contribution < -0.4 is 15.0 Å². The second kappa shape index (κ2) is 9.25. The zero-order valence-electron chi connectivity index (χ0n) is 18.2. The van der Waals surface area contributed by atoms with Crippen molar-refractivity contribution in [3.8, 4) is 5.75 Å². The number of rotatable bonds is 7. The third kappa shape index (κ3) is 4.76. The predicted molar refractivity (Wildman–Crippen MR) is 118 cm³/mol. The quantitative estimate of drug-likeness (QED) is 0.677. The molecule has 1 saturated heterocycles. The number of sulfonamides is 1. The van der Waals surface area contributed by atoms with Gasteiger partial charge in [0.15, 0.2) is 0 Å². The Bertz CT molecular complexity index is 1090. The lowest BCUT2D eigenvalue weighted by molar-refractivity contribution is -0.133. The van der Waals surface area contributed by atoms with Gasteiger partial charge in [0.1, 0.15) is 17.1 Å². The topological polar surface area (TPSA) is 96.0 Å². The first kappa shape index (κ1) is 23.7. The van der Waals surface area contributed by atoms with Crippen molar-refractivity contribution in [2.45, 2.75) is 25.9 Å². The molecule has 1 atom stereocenters. The van der Waals surface area contributed by atoms with E-state index in [1.807, 2.05) is 0 Å². The maximum atomic E-state index is 13.3. The number of ether oxygens (including phenoxy) is 1. The average molecular weight is 464 g/mol. The van der Waals surface area contributed by atoms with Gasteiger partial charge in [-0.3, -0.25) is 14.5 Å². The summed E-state index contributed by atoms with van der Waals surface area (Å²) in [6, 6.07) is 12.3. The number of benzene rings is 2. The SMILES string of the molecule is CCS(=O)(=O)N1CC(=O)N(c2ccc(OC)cc2)[C@@](C)(C(=O)NCc2ccc(F)cc2)C1. The van der Waals surface area contributed by atoms with Crippen molar-refractivity contribution in [3.05, 3.63) is 59.9 Å². The van der Waals surface area contributed by atoms with Crippen LogP contribution in [0.15, 0.2) is 48.5 Å². The number of hydrogen-bond acceptors (Lipinski definition) is 5. The lowest BCUT2D eigenvalue weighted by atomic mass is 9.94. The molecule has 1 aliphatic heterocycles. The summed E-state index contributed by atoms with van der Waals surface area (Å²) in [5.41, 5.74) is -0.394. The summed E-state index contributed by atoms with van der Waals surface area (Å²) in [5.74, 6) is -1.04. The lowest BCUT2D eigenvalue weighted by Gasteiger charge is -2.46. The van der Waals surface area contributed by atoms with Crippen LogP contribution in [0, 0.1) is 5.82 Å². The van der Waals surface area contributed by atoms with Gasteiger partial charge >= 0.3 is 0 Å². The molecule has 1 fully saturated rings. The fourth-order valence-electron chi connectivity index (χ4n) is 3.65. The highest BCUT2D eigenvalue weighted by atomic mass is 32.2. The highest BCUT2D eigenvalue weighted by molar-refractivity contribution is 7.89. The molecule has 0 unspecified atom stereocenters. The number of nitrogens with one attached hydrogen (secondary N) is 1. The molecule has 32 heavy (non-hydrogen) atoms. The smallest absolute Gasteiger partial charge is 0.247 e. The van der Waals surface area contributed by atoms with Crippen LogP contribution in [0.3, 0.4) is 0 Å². The van der Waals surface area contributed by atoms with Crippen molar-refractivity contribution in [1.29, 1.82) is 0 Å². The Labute approximate surface area is 187 Å². The number of hydrogen-bond donors (Lipinski definition) is 1. The van der Waals surface area contributed by atoms with Gasteiger partial charge in [0.25, 0.3) is 0 Å². The van der Waals surface area contributed by atoms with E-state index in [4.69, 9.17) is 4.74 Å². The molecular weight excluding hydrogens is 437 g/mol. The maximum Gasteiger partial charge on any atom is 0.247 e. The van der Waals surface area contributed by atoms with Crippen LogP contribution in [0.25, 0.3) is 0 Å². The first-order valence-corrected chi connectivity index (χ1v) is 11.7. The molecular formula is C22H26FN3O5S. The molecule has 0 saturated carbocycles. The average Bonchev–Trinajstić information content (AvgIpc) is 2.78. The van der Waals surface area contributed by atoms with E-state index in [2.05, 4.69) is 5.32 Å². The number of piperazine rings is 1. The fourth-order valence-corrected chi connectivity index (χ4v) is 4.78. The van der Waals surface area contributed by atoms with E-state index in [9.17, 15) is 22.4 Å². The molecule has 0 radical (unpaired) electrons. The Morgan fingerprint density at radius 2 is 1.78 bits per heavy atom. The van der Waals surface area contributed by atoms with Crippen LogP contribution in [0.5, 0.6) is 5.75 Å². The number of amides is 2. The first-order valence-electron chi connectivity index (χ1n) is 10.1. The molecule has 2 aromatic rings. The van der Waals surface area contributed by atoms with Crippen molar-refractivity contribution in [2.24, 2.45) is 0 Å². The number of halogens is 1. The van der Waals surface area contributed by atoms with E-state index in [1.165, 1.54) is 38.0 Å². The molecule has 2 amide bonds. The molecule has 1 heterocycles. The molecule has 0 aliphatic carbocycles. The molecule has 0 spiro atoms. The van der Waals surface area contributed by atoms with Crippen molar-refractivity contribution < 1.29 is 27.1 Å². The van der Waals surface area contributed by atoms with Gasteiger partial charge in [-0.2, -0.15) is 4.31 Å². The van der Waals surface area contributed by atoms with E-state index in [-0.39, 0.29) is 25.4 Å². The van der Waals surface area contributed by atoms with Gasteiger partial charge in [-0.15, -0.1) is 0 Å². The third-order valence-corrected chi connectivity index (χ3v) is 7.26. The standard InChI is InChI=1S/C22H26FN3O5S/c1-4-32(29,30)25-14-20(27)26(18-9-11-19(31-3)12-10-18)22(2,15-25)21(28)24-13-16-5-7-17(23)8-6-16/h5-12H,4,13-15H2,1-3H3,(H,24,28)/t22-/m1/s1. The van der Waals surface area contributed by atoms with Crippen LogP contribution in [0.2, 0.25) is 0 Å². The predicted octanol–water partition coefficient (Wildman–Crippen LogP) is 1.91. The van der Waals surface area contributed by atoms with E-state index >= 15 is 0 Å². The van der Waals surface area contributed by atoms with Gasteiger partial charge in [-0.25, -0.2) is 12.8 Å². The van der Waals surface area contributed by atoms with Gasteiger partial charge in [0, 0.05) is 18.8 Å². The fraction of sp³-hybridized carbons (Fsp3) is 0.364. The molecule has 10 heteroatoms. The normalized spacial score (nSPS) is 19.6. The highest BCUT2D eigenvalue weighted by Gasteiger charge is 2.50. The zero-order valence-corrected chi connectivity index (χ0v) is 19.0. The van der Waals surface area contributed by atoms with Crippen molar-refractivity contribution >= 4 is 27.5 Å². The van der Waals surface area contributed by atoms with E-state index in [0.29, 0.717) is 17.0 Å². The minimum Gasteiger partial charge on any atom is -0.497 e. The van der Waals surface area contributed by atoms with Gasteiger partial charge < -0.3 is 10.1 Å². The number of anilines is 1. The monoisotopic (exact) mass is 463 g/mol. The van der Waals surface area contributed by atoms with E-state index in [1.54, 1.807) is 36.4 Å². The van der Waals surface area contributed by atoms with Gasteiger partial charge in [-0.05, 0) is 55.8 Å². The van der Waals surface area contributed by atoms with Crippen molar-refractivity contribution in [3.63, 3.8) is 0 Å². The number of carbonyl (C=O) groups is 2. The van der Waals surface area contributed by atoms with Gasteiger partial charge in [0.05, 0.1) is 19.4 Å². The zero-order chi connectivity index (χ0) is 23.5. The summed E-state index contributed by atoms with van der Waals surface area (Å²) in [6.07, 6.45) is 0. The van der Waals surface area contributed by atoms with Crippen LogP contribution in [0.4, 0.5) is 10.1 Å². The molecule has 172 valence electrons. The highest BCUT2D eigenvalue weighted by Crippen LogP contribution is 2.32. The summed E-state index contributed by atoms with van der Waals surface area (Å²) in [6.45, 7) is 2.56. The lowest BCUT2D eigenvalue weighted by Crippen LogP contribution is -2.70. The summed E-state index contributed by atoms with van der Waals surface area (Å²) in [7, 11) is -2.19. The molecule has 8 nitrogen and oxygen atoms in total. The summed E-state index contributed by atoms with van der Waals surface area (Å²) in [5, 5.41) is 2.76. The molecule has 1 aliphatic rings. The molecule has 1 N–H and O–H groups in total. The second-order valence-corrected chi connectivity index (χ2v) is 9.94. The Morgan fingerprint density at radius 1 is 1.16 bits per heavy atom. The first-order chi connectivity index (χ1) is 15.1. The third-order valence-electron chi connectivity index (χ3n) is 5.48. The van der Waals surface area contributed by atoms with E-state index in [0.717, 1.165) is 4.31 Å². The largest absolute Gasteiger partial charge is 0.497 e. The van der Waals surface area contributed by atoms with Crippen LogP contribution in [-0.2, 0) is 26.2 Å². The molecule has 0 aromatic heterocycles. The van der Waals surface area contributed by atoms with Gasteiger partial charge in [0.2, 0.25) is 21.8 Å². The Hall–Kier alpha value is -2.98. The Balaban J connectivity index is 1.95. The Kier molecular flexibility index (Phi) is 6.85.